The van der Waals surface area contributed by atoms with Gasteiger partial charge in [-0.15, -0.1) is 0 Å². The van der Waals surface area contributed by atoms with Crippen molar-refractivity contribution in [2.75, 3.05) is 20.6 Å². The van der Waals surface area contributed by atoms with Crippen molar-refractivity contribution in [3.63, 3.8) is 0 Å². The van der Waals surface area contributed by atoms with E-state index in [0.717, 1.165) is 17.3 Å². The van der Waals surface area contributed by atoms with Gasteiger partial charge in [-0.1, -0.05) is 24.3 Å². The van der Waals surface area contributed by atoms with Crippen LogP contribution < -0.4 is 16.0 Å². The molecule has 1 heterocycles. The maximum absolute atomic E-state index is 12.3. The van der Waals surface area contributed by atoms with Crippen molar-refractivity contribution in [2.24, 2.45) is 0 Å². The molecule has 3 N–H and O–H groups in total. The molecule has 9 heteroatoms. The Balaban J connectivity index is 2.28. The fraction of sp³-hybridized carbons (Fsp3) is 0.333. The second kappa shape index (κ2) is 7.12. The van der Waals surface area contributed by atoms with Gasteiger partial charge >= 0.3 is 5.69 Å². The fourth-order valence-corrected chi connectivity index (χ4v) is 3.44. The summed E-state index contributed by atoms with van der Waals surface area (Å²) < 4.78 is 27.1. The second-order valence-corrected chi connectivity index (χ2v) is 7.36. The minimum atomic E-state index is -4.05. The molecule has 8 nitrogen and oxygen atoms in total. The molecule has 1 aromatic heterocycles. The quantitative estimate of drug-likeness (QED) is 0.674. The highest BCUT2D eigenvalue weighted by molar-refractivity contribution is 7.89. The highest BCUT2D eigenvalue weighted by Gasteiger charge is 2.23. The first-order valence-electron chi connectivity index (χ1n) is 7.26. The van der Waals surface area contributed by atoms with Crippen LogP contribution in [0.4, 0.5) is 0 Å². The predicted octanol–water partition coefficient (Wildman–Crippen LogP) is -0.0472. The first-order valence-corrected chi connectivity index (χ1v) is 8.74. The average Bonchev–Trinajstić information content (AvgIpc) is 2.48. The molecule has 130 valence electrons. The Kier molecular flexibility index (Phi) is 5.37. The van der Waals surface area contributed by atoms with E-state index in [2.05, 4.69) is 9.71 Å². The van der Waals surface area contributed by atoms with Gasteiger partial charge in [-0.3, -0.25) is 9.78 Å². The van der Waals surface area contributed by atoms with Crippen molar-refractivity contribution < 1.29 is 8.42 Å². The van der Waals surface area contributed by atoms with Crippen molar-refractivity contribution >= 4 is 10.0 Å². The lowest BCUT2D eigenvalue weighted by Crippen LogP contribution is -2.38. The second-order valence-electron chi connectivity index (χ2n) is 5.62. The molecule has 2 rings (SSSR count). The summed E-state index contributed by atoms with van der Waals surface area (Å²) in [5.41, 5.74) is 0.312. The maximum Gasteiger partial charge on any atom is 0.325 e. The van der Waals surface area contributed by atoms with E-state index in [9.17, 15) is 18.0 Å². The number of nitrogens with zero attached hydrogens (tertiary/aromatic N) is 1. The Hall–Kier alpha value is -2.23. The van der Waals surface area contributed by atoms with E-state index in [4.69, 9.17) is 0 Å². The molecule has 0 fully saturated rings. The van der Waals surface area contributed by atoms with Gasteiger partial charge < -0.3 is 9.88 Å². The van der Waals surface area contributed by atoms with Crippen molar-refractivity contribution in [3.05, 3.63) is 62.4 Å². The number of likely N-dealkylation sites (N-methyl/N-ethyl adjacent to an activating group) is 1. The molecule has 0 spiro atoms. The zero-order valence-corrected chi connectivity index (χ0v) is 14.5. The van der Waals surface area contributed by atoms with Gasteiger partial charge in [0.2, 0.25) is 10.0 Å². The number of rotatable bonds is 6. The molecule has 0 bridgehead atoms. The lowest BCUT2D eigenvalue weighted by molar-refractivity contribution is 0.298. The number of sulfonamides is 1. The van der Waals surface area contributed by atoms with Crippen LogP contribution in [0.25, 0.3) is 0 Å². The first-order chi connectivity index (χ1) is 11.2. The standard InChI is InChI=1S/C15H20N4O4S/c1-10-6-4-5-7-11(10)12(19(2)3)8-17-24(22,23)13-9-16-15(21)18-14(13)20/h4-7,9,12,17H,8H2,1-3H3,(H2,16,18,20,21)/t12-/m1/s1. The summed E-state index contributed by atoms with van der Waals surface area (Å²) >= 11 is 0. The zero-order valence-electron chi connectivity index (χ0n) is 13.7. The predicted molar refractivity (Wildman–Crippen MR) is 90.5 cm³/mol. The molecule has 0 unspecified atom stereocenters. The van der Waals surface area contributed by atoms with Gasteiger partial charge in [-0.2, -0.15) is 0 Å². The molecule has 1 atom stereocenters. The third kappa shape index (κ3) is 3.99. The van der Waals surface area contributed by atoms with Crippen LogP contribution in [0.15, 0.2) is 44.9 Å². The minimum Gasteiger partial charge on any atom is -0.313 e. The normalized spacial score (nSPS) is 13.2. The van der Waals surface area contributed by atoms with Crippen LogP contribution in [0.2, 0.25) is 0 Å². The van der Waals surface area contributed by atoms with Crippen LogP contribution in [-0.2, 0) is 10.0 Å². The number of aryl methyl sites for hydroxylation is 1. The van der Waals surface area contributed by atoms with Crippen molar-refractivity contribution in [2.45, 2.75) is 17.9 Å². The topological polar surface area (TPSA) is 115 Å². The Morgan fingerprint density at radius 2 is 1.88 bits per heavy atom. The number of nitrogens with one attached hydrogen (secondary N) is 3. The molecule has 0 saturated heterocycles. The van der Waals surface area contributed by atoms with Gasteiger partial charge in [-0.25, -0.2) is 17.9 Å². The molecule has 1 aromatic carbocycles. The number of benzene rings is 1. The maximum atomic E-state index is 12.3. The molecule has 0 aliphatic carbocycles. The smallest absolute Gasteiger partial charge is 0.313 e. The summed E-state index contributed by atoms with van der Waals surface area (Å²) in [5, 5.41) is 0. The molecule has 0 amide bonds. The first kappa shape index (κ1) is 18.1. The third-order valence-corrected chi connectivity index (χ3v) is 5.14. The summed E-state index contributed by atoms with van der Waals surface area (Å²) in [6, 6.07) is 7.48. The Labute approximate surface area is 139 Å². The molecular weight excluding hydrogens is 332 g/mol. The third-order valence-electron chi connectivity index (χ3n) is 3.71. The summed E-state index contributed by atoms with van der Waals surface area (Å²) in [7, 11) is -0.357. The number of hydrogen-bond acceptors (Lipinski definition) is 5. The van der Waals surface area contributed by atoms with E-state index in [-0.39, 0.29) is 12.6 Å². The SMILES string of the molecule is Cc1ccccc1[C@@H](CNS(=O)(=O)c1c[nH]c(=O)[nH]c1=O)N(C)C. The average molecular weight is 352 g/mol. The number of hydrogen-bond donors (Lipinski definition) is 3. The number of aromatic amines is 2. The molecule has 2 aromatic rings. The molecule has 0 aliphatic heterocycles. The van der Waals surface area contributed by atoms with Crippen LogP contribution in [0.5, 0.6) is 0 Å². The summed E-state index contributed by atoms with van der Waals surface area (Å²) in [4.78, 5) is 28.1. The zero-order chi connectivity index (χ0) is 17.9. The van der Waals surface area contributed by atoms with E-state index in [0.29, 0.717) is 0 Å². The highest BCUT2D eigenvalue weighted by atomic mass is 32.2. The van der Waals surface area contributed by atoms with Gasteiger partial charge in [0.1, 0.15) is 0 Å². The van der Waals surface area contributed by atoms with Crippen molar-refractivity contribution in [1.82, 2.24) is 19.6 Å². The molecule has 0 radical (unpaired) electrons. The van der Waals surface area contributed by atoms with Gasteiger partial charge in [0, 0.05) is 18.8 Å². The largest absolute Gasteiger partial charge is 0.325 e. The monoisotopic (exact) mass is 352 g/mol. The van der Waals surface area contributed by atoms with E-state index >= 15 is 0 Å². The Morgan fingerprint density at radius 3 is 2.46 bits per heavy atom. The fourth-order valence-electron chi connectivity index (χ4n) is 2.39. The number of aromatic nitrogens is 2. The van der Waals surface area contributed by atoms with Crippen LogP contribution in [0, 0.1) is 6.92 Å². The Bertz CT molecular complexity index is 931. The Morgan fingerprint density at radius 1 is 1.21 bits per heavy atom. The summed E-state index contributed by atoms with van der Waals surface area (Å²) in [6.07, 6.45) is 0.891. The van der Waals surface area contributed by atoms with Gasteiger partial charge in [0.15, 0.2) is 4.90 Å². The van der Waals surface area contributed by atoms with E-state index in [1.54, 1.807) is 0 Å². The minimum absolute atomic E-state index is 0.0821. The molecule has 0 saturated carbocycles. The van der Waals surface area contributed by atoms with Gasteiger partial charge in [0.05, 0.1) is 0 Å². The van der Waals surface area contributed by atoms with E-state index in [1.807, 2.05) is 55.2 Å². The summed E-state index contributed by atoms with van der Waals surface area (Å²) in [6.45, 7) is 2.03. The van der Waals surface area contributed by atoms with Crippen molar-refractivity contribution in [3.8, 4) is 0 Å². The van der Waals surface area contributed by atoms with Crippen LogP contribution in [0.3, 0.4) is 0 Å². The van der Waals surface area contributed by atoms with Crippen LogP contribution in [0.1, 0.15) is 17.2 Å². The van der Waals surface area contributed by atoms with Crippen LogP contribution >= 0.6 is 0 Å². The summed E-state index contributed by atoms with van der Waals surface area (Å²) in [5.74, 6) is 0. The van der Waals surface area contributed by atoms with Gasteiger partial charge in [0.25, 0.3) is 5.56 Å². The van der Waals surface area contributed by atoms with Crippen molar-refractivity contribution in [1.29, 1.82) is 0 Å². The van der Waals surface area contributed by atoms with E-state index < -0.39 is 26.2 Å². The lowest BCUT2D eigenvalue weighted by Gasteiger charge is -2.26. The molecular formula is C15H20N4O4S. The molecule has 24 heavy (non-hydrogen) atoms. The number of H-pyrrole nitrogens is 2. The molecule has 0 aliphatic rings. The van der Waals surface area contributed by atoms with Gasteiger partial charge in [-0.05, 0) is 32.1 Å². The van der Waals surface area contributed by atoms with E-state index in [1.165, 1.54) is 0 Å². The van der Waals surface area contributed by atoms with Crippen LogP contribution in [-0.4, -0.2) is 43.9 Å². The highest BCUT2D eigenvalue weighted by Crippen LogP contribution is 2.21. The lowest BCUT2D eigenvalue weighted by atomic mass is 10.0.